The highest BCUT2D eigenvalue weighted by Crippen LogP contribution is 2.20. The van der Waals surface area contributed by atoms with Gasteiger partial charge in [0.2, 0.25) is 0 Å². The first kappa shape index (κ1) is 22.4. The van der Waals surface area contributed by atoms with Gasteiger partial charge < -0.3 is 5.32 Å². The molecule has 1 heteroatoms. The largest absolute Gasteiger partial charge is 0.312 e. The van der Waals surface area contributed by atoms with Gasteiger partial charge in [0.25, 0.3) is 0 Å². The lowest BCUT2D eigenvalue weighted by Crippen LogP contribution is -2.23. The number of aryl methyl sites for hydroxylation is 2. The van der Waals surface area contributed by atoms with Crippen LogP contribution in [0.15, 0.2) is 48.5 Å². The maximum Gasteiger partial charge on any atom is 0.0208 e. The van der Waals surface area contributed by atoms with Gasteiger partial charge in [0.05, 0.1) is 0 Å². The van der Waals surface area contributed by atoms with Gasteiger partial charge in [-0.2, -0.15) is 0 Å². The smallest absolute Gasteiger partial charge is 0.0208 e. The predicted molar refractivity (Wildman–Crippen MR) is 110 cm³/mol. The van der Waals surface area contributed by atoms with Crippen molar-refractivity contribution in [2.45, 2.75) is 67.3 Å². The van der Waals surface area contributed by atoms with Gasteiger partial charge in [0.15, 0.2) is 0 Å². The summed E-state index contributed by atoms with van der Waals surface area (Å²) in [7, 11) is 0. The molecule has 0 saturated carbocycles. The first-order valence-electron chi connectivity index (χ1n) is 9.28. The maximum atomic E-state index is 3.34. The van der Waals surface area contributed by atoms with Crippen molar-refractivity contribution in [2.75, 3.05) is 6.54 Å². The van der Waals surface area contributed by atoms with Crippen LogP contribution in [0, 0.1) is 0 Å². The summed E-state index contributed by atoms with van der Waals surface area (Å²) in [6, 6.07) is 17.4. The van der Waals surface area contributed by atoms with E-state index in [1.807, 2.05) is 27.7 Å². The molecule has 1 nitrogen and oxygen atoms in total. The van der Waals surface area contributed by atoms with Crippen molar-refractivity contribution in [1.82, 2.24) is 5.32 Å². The second-order valence-electron chi connectivity index (χ2n) is 5.32. The van der Waals surface area contributed by atoms with Crippen LogP contribution in [0.25, 0.3) is 0 Å². The molecule has 4 rings (SSSR count). The van der Waals surface area contributed by atoms with Crippen LogP contribution in [-0.4, -0.2) is 6.54 Å². The van der Waals surface area contributed by atoms with Gasteiger partial charge in [0, 0.05) is 6.54 Å². The Morgan fingerprint density at radius 3 is 1.50 bits per heavy atom. The quantitative estimate of drug-likeness (QED) is 0.608. The Labute approximate surface area is 150 Å². The lowest BCUT2D eigenvalue weighted by molar-refractivity contribution is 0.644. The van der Waals surface area contributed by atoms with Crippen LogP contribution in [0.3, 0.4) is 0 Å². The van der Waals surface area contributed by atoms with Crippen molar-refractivity contribution in [2.24, 2.45) is 0 Å². The molecular weight excluding hydrogens is 290 g/mol. The van der Waals surface area contributed by atoms with Crippen molar-refractivity contribution in [1.29, 1.82) is 0 Å². The SMILES string of the molecule is C.CC.CC.c1ccc2c(c1)CCC2.c1ccc2c(c1)CCNC2. The monoisotopic (exact) mass is 327 g/mol. The van der Waals surface area contributed by atoms with Crippen LogP contribution in [-0.2, 0) is 25.8 Å². The first-order chi connectivity index (χ1) is 11.4. The van der Waals surface area contributed by atoms with Crippen LogP contribution in [0.1, 0.15) is 63.8 Å². The molecule has 0 saturated heterocycles. The molecule has 0 amide bonds. The molecule has 2 aromatic rings. The summed E-state index contributed by atoms with van der Waals surface area (Å²) in [6.45, 7) is 10.2. The van der Waals surface area contributed by atoms with Crippen LogP contribution >= 0.6 is 0 Å². The third-order valence-electron chi connectivity index (χ3n) is 4.02. The number of fused-ring (bicyclic) bond motifs is 2. The van der Waals surface area contributed by atoms with E-state index in [0.717, 1.165) is 13.1 Å². The molecule has 134 valence electrons. The summed E-state index contributed by atoms with van der Waals surface area (Å²) in [6.07, 6.45) is 5.15. The van der Waals surface area contributed by atoms with E-state index in [2.05, 4.69) is 53.8 Å². The zero-order chi connectivity index (χ0) is 16.9. The Hall–Kier alpha value is -1.60. The fourth-order valence-electron chi connectivity index (χ4n) is 2.93. The Kier molecular flexibility index (Phi) is 12.9. The van der Waals surface area contributed by atoms with Gasteiger partial charge >= 0.3 is 0 Å². The van der Waals surface area contributed by atoms with Crippen LogP contribution in [0.5, 0.6) is 0 Å². The molecule has 0 aromatic heterocycles. The third-order valence-corrected chi connectivity index (χ3v) is 4.02. The minimum atomic E-state index is 0. The predicted octanol–water partition coefficient (Wildman–Crippen LogP) is 6.20. The van der Waals surface area contributed by atoms with E-state index in [0.29, 0.717) is 0 Å². The lowest BCUT2D eigenvalue weighted by Gasteiger charge is -2.15. The van der Waals surface area contributed by atoms with Gasteiger partial charge in [0.1, 0.15) is 0 Å². The minimum Gasteiger partial charge on any atom is -0.312 e. The molecule has 0 spiro atoms. The van der Waals surface area contributed by atoms with E-state index >= 15 is 0 Å². The van der Waals surface area contributed by atoms with Gasteiger partial charge in [-0.25, -0.2) is 0 Å². The van der Waals surface area contributed by atoms with E-state index in [1.54, 1.807) is 11.1 Å². The van der Waals surface area contributed by atoms with Crippen molar-refractivity contribution in [3.05, 3.63) is 70.8 Å². The Bertz CT molecular complexity index is 497. The molecule has 0 fully saturated rings. The van der Waals surface area contributed by atoms with Crippen molar-refractivity contribution < 1.29 is 0 Å². The van der Waals surface area contributed by atoms with Gasteiger partial charge in [-0.15, -0.1) is 0 Å². The molecular formula is C23H37N. The number of nitrogens with one attached hydrogen (secondary N) is 1. The zero-order valence-electron chi connectivity index (χ0n) is 15.4. The highest BCUT2D eigenvalue weighted by Gasteiger charge is 2.07. The van der Waals surface area contributed by atoms with Gasteiger partial charge in [-0.1, -0.05) is 83.7 Å². The Balaban J connectivity index is 0.000000355. The maximum absolute atomic E-state index is 3.34. The minimum absolute atomic E-state index is 0. The van der Waals surface area contributed by atoms with Crippen molar-refractivity contribution in [3.8, 4) is 0 Å². The average Bonchev–Trinajstić information content (AvgIpc) is 3.14. The van der Waals surface area contributed by atoms with Crippen LogP contribution in [0.4, 0.5) is 0 Å². The van der Waals surface area contributed by atoms with E-state index < -0.39 is 0 Å². The highest BCUT2D eigenvalue weighted by molar-refractivity contribution is 5.30. The molecule has 1 aliphatic carbocycles. The Morgan fingerprint density at radius 2 is 1.04 bits per heavy atom. The van der Waals surface area contributed by atoms with Gasteiger partial charge in [-0.3, -0.25) is 0 Å². The molecule has 0 unspecified atom stereocenters. The molecule has 0 bridgehead atoms. The molecule has 24 heavy (non-hydrogen) atoms. The second-order valence-corrected chi connectivity index (χ2v) is 5.32. The molecule has 1 N–H and O–H groups in total. The van der Waals surface area contributed by atoms with Gasteiger partial charge in [-0.05, 0) is 54.5 Å². The molecule has 2 aromatic carbocycles. The van der Waals surface area contributed by atoms with E-state index in [-0.39, 0.29) is 7.43 Å². The second kappa shape index (κ2) is 13.8. The molecule has 1 heterocycles. The highest BCUT2D eigenvalue weighted by atomic mass is 14.9. The fraction of sp³-hybridized carbons (Fsp3) is 0.478. The zero-order valence-corrected chi connectivity index (χ0v) is 15.4. The number of hydrogen-bond donors (Lipinski definition) is 1. The van der Waals surface area contributed by atoms with Crippen LogP contribution < -0.4 is 5.32 Å². The average molecular weight is 328 g/mol. The summed E-state index contributed by atoms with van der Waals surface area (Å²) < 4.78 is 0. The summed E-state index contributed by atoms with van der Waals surface area (Å²) in [5, 5.41) is 3.34. The third kappa shape index (κ3) is 6.88. The first-order valence-corrected chi connectivity index (χ1v) is 9.28. The number of benzene rings is 2. The topological polar surface area (TPSA) is 12.0 Å². The van der Waals surface area contributed by atoms with E-state index in [9.17, 15) is 0 Å². The summed E-state index contributed by atoms with van der Waals surface area (Å²) in [5.41, 5.74) is 6.12. The van der Waals surface area contributed by atoms with E-state index in [4.69, 9.17) is 0 Å². The fourth-order valence-corrected chi connectivity index (χ4v) is 2.93. The molecule has 2 aliphatic rings. The molecule has 0 atom stereocenters. The summed E-state index contributed by atoms with van der Waals surface area (Å²) in [5.74, 6) is 0. The van der Waals surface area contributed by atoms with Crippen LogP contribution in [0.2, 0.25) is 0 Å². The van der Waals surface area contributed by atoms with E-state index in [1.165, 1.54) is 36.8 Å². The molecule has 1 aliphatic heterocycles. The standard InChI is InChI=1S/C9H11N.C9H10.2C2H6.CH4/c1-2-4-9-7-10-6-5-8(9)3-1;1-2-5-9-7-3-6-8(9)4-1;2*1-2;/h1-4,10H,5-7H2;1-2,4-5H,3,6-7H2;2*1-2H3;1H4. The molecule has 0 radical (unpaired) electrons. The number of rotatable bonds is 0. The lowest BCUT2D eigenvalue weighted by atomic mass is 10.0. The normalized spacial score (nSPS) is 13.2. The summed E-state index contributed by atoms with van der Waals surface area (Å²) in [4.78, 5) is 0. The number of hydrogen-bond acceptors (Lipinski definition) is 1. The summed E-state index contributed by atoms with van der Waals surface area (Å²) >= 11 is 0. The Morgan fingerprint density at radius 1 is 0.625 bits per heavy atom. The van der Waals surface area contributed by atoms with Crippen molar-refractivity contribution in [3.63, 3.8) is 0 Å². The van der Waals surface area contributed by atoms with Crippen molar-refractivity contribution >= 4 is 0 Å².